The summed E-state index contributed by atoms with van der Waals surface area (Å²) in [5.41, 5.74) is 2.79. The highest BCUT2D eigenvalue weighted by Gasteiger charge is 2.16. The molecule has 1 amide bonds. The standard InChI is InChI=1S/C24H32ClNO5/c1-15(2)19-13-20(25)16(3)11-22(19)31-14-24(27)26-17(4)18-7-8-21(23(12-18)29-6)30-10-9-28-5/h7-8,11-13,15,17H,9-10,14H2,1-6H3,(H,26,27). The molecule has 0 fully saturated rings. The van der Waals surface area contributed by atoms with Gasteiger partial charge in [-0.1, -0.05) is 31.5 Å². The average molecular weight is 450 g/mol. The van der Waals surface area contributed by atoms with Crippen LogP contribution in [-0.2, 0) is 9.53 Å². The number of methoxy groups -OCH3 is 2. The van der Waals surface area contributed by atoms with Crippen LogP contribution in [0.1, 0.15) is 49.4 Å². The van der Waals surface area contributed by atoms with Crippen molar-refractivity contribution < 1.29 is 23.7 Å². The Kier molecular flexibility index (Phi) is 9.46. The number of halogens is 1. The Labute approximate surface area is 189 Å². The Bertz CT molecular complexity index is 885. The van der Waals surface area contributed by atoms with Gasteiger partial charge in [0.2, 0.25) is 0 Å². The number of hydrogen-bond acceptors (Lipinski definition) is 5. The molecule has 170 valence electrons. The number of carbonyl (C=O) groups excluding carboxylic acids is 1. The molecule has 0 aliphatic rings. The first-order chi connectivity index (χ1) is 14.8. The lowest BCUT2D eigenvalue weighted by Crippen LogP contribution is -2.31. The highest BCUT2D eigenvalue weighted by Crippen LogP contribution is 2.32. The summed E-state index contributed by atoms with van der Waals surface area (Å²) in [6, 6.07) is 9.13. The van der Waals surface area contributed by atoms with E-state index in [1.807, 2.05) is 44.2 Å². The maximum absolute atomic E-state index is 12.5. The van der Waals surface area contributed by atoms with Gasteiger partial charge in [-0.15, -0.1) is 0 Å². The summed E-state index contributed by atoms with van der Waals surface area (Å²) in [7, 11) is 3.20. The second kappa shape index (κ2) is 11.8. The molecular formula is C24H32ClNO5. The summed E-state index contributed by atoms with van der Waals surface area (Å²) < 4.78 is 21.9. The van der Waals surface area contributed by atoms with Crippen LogP contribution in [0.3, 0.4) is 0 Å². The van der Waals surface area contributed by atoms with Gasteiger partial charge in [0.25, 0.3) is 5.91 Å². The first kappa shape index (κ1) is 24.8. The number of nitrogens with one attached hydrogen (secondary N) is 1. The van der Waals surface area contributed by atoms with Crippen LogP contribution in [0.5, 0.6) is 17.2 Å². The molecule has 6 nitrogen and oxygen atoms in total. The Balaban J connectivity index is 2.01. The lowest BCUT2D eigenvalue weighted by atomic mass is 10.0. The summed E-state index contributed by atoms with van der Waals surface area (Å²) in [5.74, 6) is 1.92. The van der Waals surface area contributed by atoms with E-state index in [9.17, 15) is 4.79 Å². The molecule has 0 heterocycles. The van der Waals surface area contributed by atoms with Crippen molar-refractivity contribution in [2.24, 2.45) is 0 Å². The molecule has 0 radical (unpaired) electrons. The minimum absolute atomic E-state index is 0.0829. The Morgan fingerprint density at radius 1 is 1.00 bits per heavy atom. The van der Waals surface area contributed by atoms with Gasteiger partial charge in [0.05, 0.1) is 19.8 Å². The smallest absolute Gasteiger partial charge is 0.258 e. The van der Waals surface area contributed by atoms with Gasteiger partial charge in [0.1, 0.15) is 12.4 Å². The van der Waals surface area contributed by atoms with Crippen LogP contribution < -0.4 is 19.5 Å². The van der Waals surface area contributed by atoms with Crippen LogP contribution in [0.2, 0.25) is 5.02 Å². The second-order valence-electron chi connectivity index (χ2n) is 7.62. The van der Waals surface area contributed by atoms with E-state index >= 15 is 0 Å². The van der Waals surface area contributed by atoms with Gasteiger partial charge in [-0.2, -0.15) is 0 Å². The van der Waals surface area contributed by atoms with Crippen molar-refractivity contribution in [3.05, 3.63) is 52.0 Å². The largest absolute Gasteiger partial charge is 0.493 e. The van der Waals surface area contributed by atoms with Crippen LogP contribution in [0.15, 0.2) is 30.3 Å². The van der Waals surface area contributed by atoms with E-state index in [-0.39, 0.29) is 24.5 Å². The molecule has 2 rings (SSSR count). The highest BCUT2D eigenvalue weighted by molar-refractivity contribution is 6.31. The number of benzene rings is 2. The summed E-state index contributed by atoms with van der Waals surface area (Å²) >= 11 is 6.24. The summed E-state index contributed by atoms with van der Waals surface area (Å²) in [4.78, 5) is 12.5. The molecule has 0 aliphatic heterocycles. The van der Waals surface area contributed by atoms with E-state index < -0.39 is 0 Å². The third kappa shape index (κ3) is 7.04. The maximum atomic E-state index is 12.5. The SMILES string of the molecule is COCCOc1ccc(C(C)NC(=O)COc2cc(C)c(Cl)cc2C(C)C)cc1OC. The molecule has 0 aromatic heterocycles. The maximum Gasteiger partial charge on any atom is 0.258 e. The summed E-state index contributed by atoms with van der Waals surface area (Å²) in [5, 5.41) is 3.65. The summed E-state index contributed by atoms with van der Waals surface area (Å²) in [6.45, 7) is 8.78. The molecule has 0 bridgehead atoms. The molecule has 1 atom stereocenters. The van der Waals surface area contributed by atoms with Crippen molar-refractivity contribution >= 4 is 17.5 Å². The van der Waals surface area contributed by atoms with E-state index in [1.165, 1.54) is 0 Å². The van der Waals surface area contributed by atoms with Gasteiger partial charge in [0, 0.05) is 12.1 Å². The highest BCUT2D eigenvalue weighted by atomic mass is 35.5. The van der Waals surface area contributed by atoms with Crippen LogP contribution in [-0.4, -0.2) is 39.9 Å². The van der Waals surface area contributed by atoms with Gasteiger partial charge in [-0.3, -0.25) is 4.79 Å². The van der Waals surface area contributed by atoms with E-state index in [0.29, 0.717) is 35.5 Å². The van der Waals surface area contributed by atoms with Crippen LogP contribution in [0.25, 0.3) is 0 Å². The first-order valence-electron chi connectivity index (χ1n) is 10.3. The molecule has 31 heavy (non-hydrogen) atoms. The molecule has 0 aliphatic carbocycles. The fraction of sp³-hybridized carbons (Fsp3) is 0.458. The fourth-order valence-electron chi connectivity index (χ4n) is 3.06. The topological polar surface area (TPSA) is 66.0 Å². The quantitative estimate of drug-likeness (QED) is 0.485. The van der Waals surface area contributed by atoms with Crippen molar-refractivity contribution in [2.45, 2.75) is 39.7 Å². The van der Waals surface area contributed by atoms with Gasteiger partial charge >= 0.3 is 0 Å². The monoisotopic (exact) mass is 449 g/mol. The third-order valence-corrected chi connectivity index (χ3v) is 5.29. The molecule has 2 aromatic rings. The Hall–Kier alpha value is -2.44. The number of aryl methyl sites for hydroxylation is 1. The lowest BCUT2D eigenvalue weighted by molar-refractivity contribution is -0.123. The zero-order chi connectivity index (χ0) is 23.0. The van der Waals surface area contributed by atoms with Gasteiger partial charge in [-0.25, -0.2) is 0 Å². The minimum atomic E-state index is -0.227. The Morgan fingerprint density at radius 3 is 2.39 bits per heavy atom. The van der Waals surface area contributed by atoms with Crippen LogP contribution >= 0.6 is 11.6 Å². The average Bonchev–Trinajstić information content (AvgIpc) is 2.74. The van der Waals surface area contributed by atoms with Crippen molar-refractivity contribution in [1.29, 1.82) is 0 Å². The number of amides is 1. The van der Waals surface area contributed by atoms with Crippen molar-refractivity contribution in [3.63, 3.8) is 0 Å². The number of hydrogen-bond donors (Lipinski definition) is 1. The molecule has 2 aromatic carbocycles. The number of ether oxygens (including phenoxy) is 4. The fourth-order valence-corrected chi connectivity index (χ4v) is 3.24. The molecule has 0 saturated heterocycles. The first-order valence-corrected chi connectivity index (χ1v) is 10.7. The van der Waals surface area contributed by atoms with Gasteiger partial charge in [-0.05, 0) is 60.7 Å². The van der Waals surface area contributed by atoms with E-state index in [0.717, 1.165) is 16.7 Å². The Morgan fingerprint density at radius 2 is 1.74 bits per heavy atom. The van der Waals surface area contributed by atoms with Gasteiger partial charge < -0.3 is 24.3 Å². The molecule has 1 N–H and O–H groups in total. The van der Waals surface area contributed by atoms with E-state index in [1.54, 1.807) is 14.2 Å². The van der Waals surface area contributed by atoms with Gasteiger partial charge in [0.15, 0.2) is 18.1 Å². The third-order valence-electron chi connectivity index (χ3n) is 4.88. The molecule has 0 spiro atoms. The normalized spacial score (nSPS) is 11.9. The molecule has 1 unspecified atom stereocenters. The number of rotatable bonds is 11. The van der Waals surface area contributed by atoms with Crippen LogP contribution in [0.4, 0.5) is 0 Å². The molecular weight excluding hydrogens is 418 g/mol. The van der Waals surface area contributed by atoms with Crippen molar-refractivity contribution in [3.8, 4) is 17.2 Å². The van der Waals surface area contributed by atoms with E-state index in [4.69, 9.17) is 30.5 Å². The molecule has 0 saturated carbocycles. The zero-order valence-electron chi connectivity index (χ0n) is 19.1. The van der Waals surface area contributed by atoms with Crippen molar-refractivity contribution in [1.82, 2.24) is 5.32 Å². The lowest BCUT2D eigenvalue weighted by Gasteiger charge is -2.19. The van der Waals surface area contributed by atoms with Crippen LogP contribution in [0, 0.1) is 6.92 Å². The zero-order valence-corrected chi connectivity index (χ0v) is 19.8. The number of carbonyl (C=O) groups is 1. The van der Waals surface area contributed by atoms with E-state index in [2.05, 4.69) is 19.2 Å². The second-order valence-corrected chi connectivity index (χ2v) is 8.03. The predicted molar refractivity (Wildman–Crippen MR) is 123 cm³/mol. The minimum Gasteiger partial charge on any atom is -0.493 e. The van der Waals surface area contributed by atoms with Crippen molar-refractivity contribution in [2.75, 3.05) is 34.0 Å². The molecule has 7 heteroatoms. The summed E-state index contributed by atoms with van der Waals surface area (Å²) in [6.07, 6.45) is 0. The predicted octanol–water partition coefficient (Wildman–Crippen LogP) is 5.06.